The normalized spacial score (nSPS) is 15.6. The lowest BCUT2D eigenvalue weighted by Gasteiger charge is -2.36. The number of hydrogen-bond acceptors (Lipinski definition) is 3. The first-order valence-corrected chi connectivity index (χ1v) is 7.60. The topological polar surface area (TPSA) is 35.5 Å². The molecular formula is C15H23BrN2O. The van der Waals surface area contributed by atoms with Gasteiger partial charge in [0, 0.05) is 29.8 Å². The zero-order chi connectivity index (χ0) is 14.0. The van der Waals surface area contributed by atoms with Crippen LogP contribution in [-0.4, -0.2) is 30.3 Å². The maximum absolute atomic E-state index is 9.44. The Morgan fingerprint density at radius 3 is 2.63 bits per heavy atom. The van der Waals surface area contributed by atoms with Gasteiger partial charge in [0.25, 0.3) is 0 Å². The number of halogens is 1. The highest BCUT2D eigenvalue weighted by molar-refractivity contribution is 9.10. The number of anilines is 1. The molecule has 19 heavy (non-hydrogen) atoms. The van der Waals surface area contributed by atoms with Crippen LogP contribution in [0.4, 0.5) is 5.69 Å². The molecule has 0 bridgehead atoms. The molecule has 0 unspecified atom stereocenters. The van der Waals surface area contributed by atoms with Crippen molar-refractivity contribution in [3.8, 4) is 0 Å². The Morgan fingerprint density at radius 1 is 1.42 bits per heavy atom. The Kier molecular flexibility index (Phi) is 4.54. The summed E-state index contributed by atoms with van der Waals surface area (Å²) in [5.41, 5.74) is 2.14. The van der Waals surface area contributed by atoms with Crippen molar-refractivity contribution >= 4 is 21.6 Å². The second kappa shape index (κ2) is 5.81. The van der Waals surface area contributed by atoms with Gasteiger partial charge in [0.1, 0.15) is 0 Å². The van der Waals surface area contributed by atoms with Crippen LogP contribution in [0, 0.1) is 0 Å². The molecule has 1 saturated carbocycles. The largest absolute Gasteiger partial charge is 0.394 e. The molecule has 1 aromatic rings. The molecule has 3 nitrogen and oxygen atoms in total. The molecule has 1 aliphatic carbocycles. The number of rotatable bonds is 6. The fourth-order valence-corrected chi connectivity index (χ4v) is 2.39. The molecule has 0 aliphatic heterocycles. The van der Waals surface area contributed by atoms with Gasteiger partial charge in [-0.15, -0.1) is 0 Å². The minimum absolute atomic E-state index is 0.131. The molecular weight excluding hydrogens is 304 g/mol. The number of likely N-dealkylation sites (N-methyl/N-ethyl adjacent to an activating group) is 1. The Balaban J connectivity index is 2.08. The van der Waals surface area contributed by atoms with Crippen LogP contribution < -0.4 is 10.2 Å². The molecule has 0 saturated heterocycles. The maximum atomic E-state index is 9.44. The zero-order valence-electron chi connectivity index (χ0n) is 11.9. The lowest BCUT2D eigenvalue weighted by atomic mass is 10.0. The quantitative estimate of drug-likeness (QED) is 0.843. The Labute approximate surface area is 124 Å². The van der Waals surface area contributed by atoms with E-state index in [4.69, 9.17) is 0 Å². The van der Waals surface area contributed by atoms with E-state index in [0.29, 0.717) is 0 Å². The first-order valence-electron chi connectivity index (χ1n) is 6.80. The van der Waals surface area contributed by atoms with Gasteiger partial charge in [-0.1, -0.05) is 22.0 Å². The van der Waals surface area contributed by atoms with Crippen LogP contribution >= 0.6 is 15.9 Å². The van der Waals surface area contributed by atoms with Crippen LogP contribution in [0.5, 0.6) is 0 Å². The third-order valence-electron chi connectivity index (χ3n) is 3.88. The van der Waals surface area contributed by atoms with Crippen molar-refractivity contribution in [3.05, 3.63) is 28.2 Å². The third kappa shape index (κ3) is 3.71. The van der Waals surface area contributed by atoms with E-state index in [0.717, 1.165) is 22.7 Å². The molecule has 0 amide bonds. The number of aliphatic hydroxyl groups is 1. The van der Waals surface area contributed by atoms with E-state index in [1.165, 1.54) is 18.4 Å². The van der Waals surface area contributed by atoms with Crippen LogP contribution in [0.2, 0.25) is 0 Å². The molecule has 4 heteroatoms. The van der Waals surface area contributed by atoms with Crippen molar-refractivity contribution < 1.29 is 5.11 Å². The molecule has 1 fully saturated rings. The summed E-state index contributed by atoms with van der Waals surface area (Å²) in [5.74, 6) is 0. The highest BCUT2D eigenvalue weighted by atomic mass is 79.9. The van der Waals surface area contributed by atoms with Gasteiger partial charge < -0.3 is 15.3 Å². The lowest BCUT2D eigenvalue weighted by molar-refractivity contribution is 0.216. The second-order valence-electron chi connectivity index (χ2n) is 5.96. The number of benzene rings is 1. The number of nitrogens with one attached hydrogen (secondary N) is 1. The molecule has 0 aromatic heterocycles. The molecule has 0 spiro atoms. The Bertz CT molecular complexity index is 444. The molecule has 106 valence electrons. The number of hydrogen-bond donors (Lipinski definition) is 2. The standard InChI is InChI=1S/C15H23BrN2O/c1-15(2,10-19)18(3)13-7-4-11(14(16)8-13)9-17-12-5-6-12/h4,7-8,12,17,19H,5-6,9-10H2,1-3H3. The van der Waals surface area contributed by atoms with Crippen LogP contribution in [0.1, 0.15) is 32.3 Å². The molecule has 2 N–H and O–H groups in total. The van der Waals surface area contributed by atoms with E-state index in [2.05, 4.69) is 44.3 Å². The lowest BCUT2D eigenvalue weighted by Crippen LogP contribution is -2.44. The highest BCUT2D eigenvalue weighted by Crippen LogP contribution is 2.28. The molecule has 1 aromatic carbocycles. The minimum Gasteiger partial charge on any atom is -0.394 e. The van der Waals surface area contributed by atoms with Gasteiger partial charge in [-0.25, -0.2) is 0 Å². The van der Waals surface area contributed by atoms with Gasteiger partial charge in [-0.05, 0) is 44.4 Å². The average Bonchev–Trinajstić information content (AvgIpc) is 3.20. The summed E-state index contributed by atoms with van der Waals surface area (Å²) in [7, 11) is 2.01. The Hall–Kier alpha value is -0.580. The summed E-state index contributed by atoms with van der Waals surface area (Å²) in [4.78, 5) is 2.11. The van der Waals surface area contributed by atoms with Gasteiger partial charge in [0.15, 0.2) is 0 Å². The molecule has 0 heterocycles. The number of nitrogens with zero attached hydrogens (tertiary/aromatic N) is 1. The summed E-state index contributed by atoms with van der Waals surface area (Å²) >= 11 is 3.65. The third-order valence-corrected chi connectivity index (χ3v) is 4.62. The van der Waals surface area contributed by atoms with E-state index < -0.39 is 0 Å². The predicted octanol–water partition coefficient (Wildman–Crippen LogP) is 2.91. The van der Waals surface area contributed by atoms with Gasteiger partial charge in [-0.3, -0.25) is 0 Å². The van der Waals surface area contributed by atoms with E-state index in [1.807, 2.05) is 20.9 Å². The van der Waals surface area contributed by atoms with Crippen molar-refractivity contribution in [2.45, 2.75) is 44.8 Å². The zero-order valence-corrected chi connectivity index (χ0v) is 13.5. The summed E-state index contributed by atoms with van der Waals surface area (Å²) < 4.78 is 1.12. The molecule has 0 atom stereocenters. The van der Waals surface area contributed by atoms with Crippen molar-refractivity contribution in [1.82, 2.24) is 5.32 Å². The van der Waals surface area contributed by atoms with Gasteiger partial charge in [-0.2, -0.15) is 0 Å². The van der Waals surface area contributed by atoms with Crippen molar-refractivity contribution in [2.24, 2.45) is 0 Å². The summed E-state index contributed by atoms with van der Waals surface area (Å²) in [6.45, 7) is 5.11. The minimum atomic E-state index is -0.257. The molecule has 1 aliphatic rings. The monoisotopic (exact) mass is 326 g/mol. The van der Waals surface area contributed by atoms with Gasteiger partial charge in [0.05, 0.1) is 12.1 Å². The van der Waals surface area contributed by atoms with Crippen LogP contribution in [0.3, 0.4) is 0 Å². The van der Waals surface area contributed by atoms with E-state index in [1.54, 1.807) is 0 Å². The summed E-state index contributed by atoms with van der Waals surface area (Å²) in [5, 5.41) is 13.0. The first kappa shape index (κ1) is 14.8. The van der Waals surface area contributed by atoms with Crippen molar-refractivity contribution in [2.75, 3.05) is 18.6 Å². The van der Waals surface area contributed by atoms with Crippen LogP contribution in [0.25, 0.3) is 0 Å². The number of aliphatic hydroxyl groups excluding tert-OH is 1. The van der Waals surface area contributed by atoms with E-state index in [9.17, 15) is 5.11 Å². The predicted molar refractivity (Wildman–Crippen MR) is 83.6 cm³/mol. The van der Waals surface area contributed by atoms with Gasteiger partial charge in [0.2, 0.25) is 0 Å². The Morgan fingerprint density at radius 2 is 2.11 bits per heavy atom. The first-order chi connectivity index (χ1) is 8.94. The maximum Gasteiger partial charge on any atom is 0.0658 e. The summed E-state index contributed by atoms with van der Waals surface area (Å²) in [6, 6.07) is 7.12. The van der Waals surface area contributed by atoms with E-state index in [-0.39, 0.29) is 12.1 Å². The van der Waals surface area contributed by atoms with E-state index >= 15 is 0 Å². The average molecular weight is 327 g/mol. The van der Waals surface area contributed by atoms with Crippen LogP contribution in [0.15, 0.2) is 22.7 Å². The molecule has 0 radical (unpaired) electrons. The van der Waals surface area contributed by atoms with Crippen molar-refractivity contribution in [1.29, 1.82) is 0 Å². The fraction of sp³-hybridized carbons (Fsp3) is 0.600. The SMILES string of the molecule is CN(c1ccc(CNC2CC2)c(Br)c1)C(C)(C)CO. The molecule has 2 rings (SSSR count). The van der Waals surface area contributed by atoms with Crippen molar-refractivity contribution in [3.63, 3.8) is 0 Å². The van der Waals surface area contributed by atoms with Crippen LogP contribution in [-0.2, 0) is 6.54 Å². The smallest absolute Gasteiger partial charge is 0.0658 e. The highest BCUT2D eigenvalue weighted by Gasteiger charge is 2.23. The second-order valence-corrected chi connectivity index (χ2v) is 6.81. The summed E-state index contributed by atoms with van der Waals surface area (Å²) in [6.07, 6.45) is 2.62. The van der Waals surface area contributed by atoms with Gasteiger partial charge >= 0.3 is 0 Å². The fourth-order valence-electron chi connectivity index (χ4n) is 1.89.